The number of benzene rings is 2. The molecule has 1 aliphatic carbocycles. The number of nitrogens with one attached hydrogen (secondary N) is 1. The first-order chi connectivity index (χ1) is 17.8. The third-order valence-corrected chi connectivity index (χ3v) is 7.75. The zero-order chi connectivity index (χ0) is 26.1. The standard InChI is InChI=1S/C29H35ClN4O3/c1-18(2)31-27(35)16-34-28(22-5-4-6-24(30)13-22)32-26-8-7-21(14-25(26)29(34)36)23-11-20(12-23)15-33-9-10-37-17-19(33)3/h4-8,13-14,18-20,23H,9-12,15-17H2,1-3H3,(H,31,35)/t19-,20-,23-/m1/s1. The summed E-state index contributed by atoms with van der Waals surface area (Å²) in [5.41, 5.74) is 2.29. The van der Waals surface area contributed by atoms with E-state index in [4.69, 9.17) is 21.3 Å². The number of amides is 1. The SMILES string of the molecule is CC(C)NC(=O)Cn1c(-c2cccc(Cl)c2)nc2ccc([C@H]3C[C@H](CN4CCOC[C@H]4C)C3)cc2c1=O. The minimum absolute atomic E-state index is 0.0233. The van der Waals surface area contributed by atoms with Gasteiger partial charge in [-0.25, -0.2) is 4.98 Å². The Morgan fingerprint density at radius 1 is 1.22 bits per heavy atom. The van der Waals surface area contributed by atoms with Crippen LogP contribution in [0.2, 0.25) is 5.02 Å². The number of fused-ring (bicyclic) bond motifs is 1. The van der Waals surface area contributed by atoms with Gasteiger partial charge >= 0.3 is 0 Å². The fraction of sp³-hybridized carbons (Fsp3) is 0.483. The summed E-state index contributed by atoms with van der Waals surface area (Å²) in [6, 6.07) is 13.7. The van der Waals surface area contributed by atoms with Crippen molar-refractivity contribution in [2.24, 2.45) is 5.92 Å². The molecule has 1 atom stereocenters. The van der Waals surface area contributed by atoms with Gasteiger partial charge in [0.25, 0.3) is 5.56 Å². The van der Waals surface area contributed by atoms with Crippen LogP contribution in [0.5, 0.6) is 0 Å². The summed E-state index contributed by atoms with van der Waals surface area (Å²) in [4.78, 5) is 33.8. The van der Waals surface area contributed by atoms with E-state index >= 15 is 0 Å². The largest absolute Gasteiger partial charge is 0.379 e. The van der Waals surface area contributed by atoms with E-state index in [9.17, 15) is 9.59 Å². The van der Waals surface area contributed by atoms with E-state index < -0.39 is 0 Å². The number of rotatable bonds is 7. The second-order valence-electron chi connectivity index (χ2n) is 10.8. The van der Waals surface area contributed by atoms with Gasteiger partial charge in [0, 0.05) is 35.8 Å². The van der Waals surface area contributed by atoms with Crippen LogP contribution in [0.25, 0.3) is 22.3 Å². The first-order valence-electron chi connectivity index (χ1n) is 13.2. The molecule has 1 amide bonds. The zero-order valence-electron chi connectivity index (χ0n) is 21.7. The van der Waals surface area contributed by atoms with Gasteiger partial charge in [0.05, 0.1) is 24.1 Å². The third-order valence-electron chi connectivity index (χ3n) is 7.52. The van der Waals surface area contributed by atoms with Crippen molar-refractivity contribution in [3.05, 3.63) is 63.4 Å². The van der Waals surface area contributed by atoms with Crippen LogP contribution in [0.3, 0.4) is 0 Å². The van der Waals surface area contributed by atoms with Crippen molar-refractivity contribution < 1.29 is 9.53 Å². The minimum Gasteiger partial charge on any atom is -0.379 e. The fourth-order valence-corrected chi connectivity index (χ4v) is 5.71. The van der Waals surface area contributed by atoms with Crippen molar-refractivity contribution >= 4 is 28.4 Å². The van der Waals surface area contributed by atoms with Crippen molar-refractivity contribution in [1.82, 2.24) is 19.8 Å². The molecule has 1 N–H and O–H groups in total. The van der Waals surface area contributed by atoms with Gasteiger partial charge in [0.15, 0.2) is 0 Å². The van der Waals surface area contributed by atoms with Gasteiger partial charge in [-0.3, -0.25) is 19.1 Å². The summed E-state index contributed by atoms with van der Waals surface area (Å²) in [5.74, 6) is 1.32. The van der Waals surface area contributed by atoms with E-state index in [2.05, 4.69) is 23.2 Å². The number of carbonyl (C=O) groups is 1. The number of morpholine rings is 1. The Labute approximate surface area is 222 Å². The van der Waals surface area contributed by atoms with Crippen molar-refractivity contribution in [1.29, 1.82) is 0 Å². The molecule has 37 heavy (non-hydrogen) atoms. The Kier molecular flexibility index (Phi) is 7.65. The number of halogens is 1. The number of carbonyl (C=O) groups excluding carboxylic acids is 1. The van der Waals surface area contributed by atoms with E-state index in [-0.39, 0.29) is 24.1 Å². The molecule has 0 unspecified atom stereocenters. The van der Waals surface area contributed by atoms with Crippen LogP contribution >= 0.6 is 11.6 Å². The Morgan fingerprint density at radius 2 is 2.03 bits per heavy atom. The Morgan fingerprint density at radius 3 is 2.76 bits per heavy atom. The lowest BCUT2D eigenvalue weighted by Gasteiger charge is -2.42. The number of hydrogen-bond acceptors (Lipinski definition) is 5. The van der Waals surface area contributed by atoms with E-state index in [0.717, 1.165) is 39.1 Å². The molecule has 196 valence electrons. The van der Waals surface area contributed by atoms with Crippen LogP contribution in [0.4, 0.5) is 0 Å². The molecule has 2 aromatic carbocycles. The highest BCUT2D eigenvalue weighted by Gasteiger charge is 2.33. The lowest BCUT2D eigenvalue weighted by molar-refractivity contribution is -0.122. The van der Waals surface area contributed by atoms with Gasteiger partial charge in [0.1, 0.15) is 12.4 Å². The van der Waals surface area contributed by atoms with Crippen LogP contribution in [-0.4, -0.2) is 58.7 Å². The van der Waals surface area contributed by atoms with E-state index in [1.54, 1.807) is 12.1 Å². The Balaban J connectivity index is 1.43. The molecule has 5 rings (SSSR count). The second kappa shape index (κ2) is 10.9. The summed E-state index contributed by atoms with van der Waals surface area (Å²) in [7, 11) is 0. The van der Waals surface area contributed by atoms with Crippen LogP contribution in [-0.2, 0) is 16.1 Å². The summed E-state index contributed by atoms with van der Waals surface area (Å²) in [6.07, 6.45) is 2.24. The molecule has 3 aromatic rings. The van der Waals surface area contributed by atoms with Crippen molar-refractivity contribution in [2.75, 3.05) is 26.3 Å². The van der Waals surface area contributed by atoms with Crippen LogP contribution in [0.15, 0.2) is 47.3 Å². The van der Waals surface area contributed by atoms with Gasteiger partial charge in [-0.05, 0) is 75.3 Å². The third kappa shape index (κ3) is 5.74. The maximum atomic E-state index is 13.8. The van der Waals surface area contributed by atoms with Gasteiger partial charge < -0.3 is 10.1 Å². The number of aromatic nitrogens is 2. The summed E-state index contributed by atoms with van der Waals surface area (Å²) in [5, 5.41) is 3.98. The van der Waals surface area contributed by atoms with Crippen LogP contribution < -0.4 is 10.9 Å². The average molecular weight is 523 g/mol. The summed E-state index contributed by atoms with van der Waals surface area (Å²) < 4.78 is 7.04. The predicted molar refractivity (Wildman–Crippen MR) is 147 cm³/mol. The van der Waals surface area contributed by atoms with Gasteiger partial charge in [-0.2, -0.15) is 0 Å². The highest BCUT2D eigenvalue weighted by molar-refractivity contribution is 6.30. The molecule has 2 aliphatic rings. The van der Waals surface area contributed by atoms with Crippen LogP contribution in [0, 0.1) is 5.92 Å². The Bertz CT molecular complexity index is 1350. The summed E-state index contributed by atoms with van der Waals surface area (Å²) in [6.45, 7) is 9.66. The molecule has 8 heteroatoms. The zero-order valence-corrected chi connectivity index (χ0v) is 22.5. The smallest absolute Gasteiger partial charge is 0.262 e. The number of ether oxygens (including phenoxy) is 1. The molecule has 7 nitrogen and oxygen atoms in total. The quantitative estimate of drug-likeness (QED) is 0.496. The maximum Gasteiger partial charge on any atom is 0.262 e. The fourth-order valence-electron chi connectivity index (χ4n) is 5.52. The monoisotopic (exact) mass is 522 g/mol. The molecular formula is C29H35ClN4O3. The van der Waals surface area contributed by atoms with Crippen molar-refractivity contribution in [3.8, 4) is 11.4 Å². The highest BCUT2D eigenvalue weighted by Crippen LogP contribution is 2.42. The lowest BCUT2D eigenvalue weighted by atomic mass is 9.71. The van der Waals surface area contributed by atoms with Crippen LogP contribution in [0.1, 0.15) is 45.1 Å². The molecule has 2 fully saturated rings. The highest BCUT2D eigenvalue weighted by atomic mass is 35.5. The molecule has 1 aromatic heterocycles. The molecule has 1 saturated heterocycles. The van der Waals surface area contributed by atoms with Gasteiger partial charge in [-0.1, -0.05) is 29.8 Å². The van der Waals surface area contributed by atoms with Gasteiger partial charge in [0.2, 0.25) is 5.91 Å². The molecule has 0 spiro atoms. The topological polar surface area (TPSA) is 76.5 Å². The molecule has 1 aliphatic heterocycles. The molecule has 0 radical (unpaired) electrons. The number of hydrogen-bond donors (Lipinski definition) is 1. The number of nitrogens with zero attached hydrogens (tertiary/aromatic N) is 3. The minimum atomic E-state index is -0.225. The lowest BCUT2D eigenvalue weighted by Crippen LogP contribution is -2.47. The first kappa shape index (κ1) is 25.9. The average Bonchev–Trinajstić information content (AvgIpc) is 2.83. The normalized spacial score (nSPS) is 22.2. The summed E-state index contributed by atoms with van der Waals surface area (Å²) >= 11 is 6.24. The molecular weight excluding hydrogens is 488 g/mol. The van der Waals surface area contributed by atoms with E-state index in [1.807, 2.05) is 38.1 Å². The maximum absolute atomic E-state index is 13.8. The van der Waals surface area contributed by atoms with E-state index in [1.165, 1.54) is 10.1 Å². The Hall–Kier alpha value is -2.74. The predicted octanol–water partition coefficient (Wildman–Crippen LogP) is 4.46. The van der Waals surface area contributed by atoms with Gasteiger partial charge in [-0.15, -0.1) is 0 Å². The second-order valence-corrected chi connectivity index (χ2v) is 11.2. The molecule has 2 heterocycles. The van der Waals surface area contributed by atoms with E-state index in [0.29, 0.717) is 45.2 Å². The molecule has 1 saturated carbocycles. The molecule has 0 bridgehead atoms. The van der Waals surface area contributed by atoms with Crippen molar-refractivity contribution in [2.45, 2.75) is 58.2 Å². The van der Waals surface area contributed by atoms with Crippen molar-refractivity contribution in [3.63, 3.8) is 0 Å². The first-order valence-corrected chi connectivity index (χ1v) is 13.6.